The Hall–Kier alpha value is -1.06. The maximum atomic E-state index is 11.8. The molecule has 4 bridgehead atoms. The van der Waals surface area contributed by atoms with Gasteiger partial charge in [-0.3, -0.25) is 4.79 Å². The Morgan fingerprint density at radius 1 is 1.16 bits per heavy atom. The van der Waals surface area contributed by atoms with Crippen molar-refractivity contribution in [1.82, 2.24) is 0 Å². The summed E-state index contributed by atoms with van der Waals surface area (Å²) in [6.45, 7) is 3.39. The van der Waals surface area contributed by atoms with E-state index < -0.39 is 5.97 Å². The van der Waals surface area contributed by atoms with Crippen molar-refractivity contribution in [2.75, 3.05) is 6.61 Å². The predicted molar refractivity (Wildman–Crippen MR) is 68.2 cm³/mol. The zero-order valence-corrected chi connectivity index (χ0v) is 11.7. The van der Waals surface area contributed by atoms with Gasteiger partial charge in [-0.05, 0) is 55.8 Å². The van der Waals surface area contributed by atoms with E-state index in [4.69, 9.17) is 9.47 Å². The lowest BCUT2D eigenvalue weighted by Gasteiger charge is -2.60. The van der Waals surface area contributed by atoms with Crippen LogP contribution in [0, 0.1) is 17.3 Å². The van der Waals surface area contributed by atoms with Crippen molar-refractivity contribution in [3.63, 3.8) is 0 Å². The first-order valence-corrected chi connectivity index (χ1v) is 7.23. The topological polar surface area (TPSA) is 52.6 Å². The highest BCUT2D eigenvalue weighted by Gasteiger charge is 2.57. The summed E-state index contributed by atoms with van der Waals surface area (Å²) in [6.07, 6.45) is 6.87. The van der Waals surface area contributed by atoms with E-state index in [1.807, 2.05) is 0 Å². The fourth-order valence-electron chi connectivity index (χ4n) is 5.18. The van der Waals surface area contributed by atoms with Crippen molar-refractivity contribution in [1.29, 1.82) is 0 Å². The molecule has 0 aromatic carbocycles. The van der Waals surface area contributed by atoms with Gasteiger partial charge >= 0.3 is 11.9 Å². The molecule has 4 aliphatic carbocycles. The van der Waals surface area contributed by atoms with E-state index in [1.54, 1.807) is 0 Å². The molecule has 0 amide bonds. The van der Waals surface area contributed by atoms with Crippen LogP contribution in [0.2, 0.25) is 0 Å². The molecule has 106 valence electrons. The summed E-state index contributed by atoms with van der Waals surface area (Å²) in [5, 5.41) is 0. The second kappa shape index (κ2) is 4.22. The standard InChI is InChI=1S/C15H22O4/c1-10(16)18-8-13(17)19-15-6-11-3-12(7-15)5-14(2,4-11)9-15/h11-12H,3-9H2,1-2H3. The third-order valence-corrected chi connectivity index (χ3v) is 5.02. The fourth-order valence-corrected chi connectivity index (χ4v) is 5.18. The summed E-state index contributed by atoms with van der Waals surface area (Å²) in [6, 6.07) is 0. The van der Waals surface area contributed by atoms with Gasteiger partial charge in [0, 0.05) is 6.92 Å². The number of carbonyl (C=O) groups is 2. The molecule has 0 saturated heterocycles. The smallest absolute Gasteiger partial charge is 0.344 e. The highest BCUT2D eigenvalue weighted by molar-refractivity contribution is 5.75. The highest BCUT2D eigenvalue weighted by Crippen LogP contribution is 2.62. The third-order valence-electron chi connectivity index (χ3n) is 5.02. The Bertz CT molecular complexity index is 400. The minimum atomic E-state index is -0.436. The van der Waals surface area contributed by atoms with Crippen molar-refractivity contribution in [3.8, 4) is 0 Å². The molecular weight excluding hydrogens is 244 g/mol. The zero-order valence-electron chi connectivity index (χ0n) is 11.7. The van der Waals surface area contributed by atoms with E-state index in [-0.39, 0.29) is 18.2 Å². The van der Waals surface area contributed by atoms with Gasteiger partial charge in [-0.15, -0.1) is 0 Å². The molecule has 0 N–H and O–H groups in total. The average Bonchev–Trinajstić information content (AvgIpc) is 2.21. The van der Waals surface area contributed by atoms with Crippen molar-refractivity contribution in [2.24, 2.45) is 17.3 Å². The normalized spacial score (nSPS) is 43.1. The summed E-state index contributed by atoms with van der Waals surface area (Å²) in [5.74, 6) is 0.607. The maximum absolute atomic E-state index is 11.8. The Labute approximate surface area is 113 Å². The van der Waals surface area contributed by atoms with E-state index in [1.165, 1.54) is 26.2 Å². The molecule has 0 spiro atoms. The lowest BCUT2D eigenvalue weighted by Crippen LogP contribution is -2.56. The summed E-state index contributed by atoms with van der Waals surface area (Å²) in [4.78, 5) is 22.6. The lowest BCUT2D eigenvalue weighted by atomic mass is 9.48. The van der Waals surface area contributed by atoms with Crippen LogP contribution in [0.5, 0.6) is 0 Å². The predicted octanol–water partition coefficient (Wildman–Crippen LogP) is 2.45. The van der Waals surface area contributed by atoms with E-state index >= 15 is 0 Å². The Morgan fingerprint density at radius 2 is 1.79 bits per heavy atom. The number of esters is 2. The lowest BCUT2D eigenvalue weighted by molar-refractivity contribution is -0.203. The summed E-state index contributed by atoms with van der Waals surface area (Å²) < 4.78 is 10.5. The molecule has 0 aromatic rings. The molecule has 2 atom stereocenters. The molecule has 19 heavy (non-hydrogen) atoms. The molecule has 4 aliphatic rings. The van der Waals surface area contributed by atoms with Gasteiger partial charge in [0.15, 0.2) is 6.61 Å². The molecule has 0 radical (unpaired) electrons. The monoisotopic (exact) mass is 266 g/mol. The van der Waals surface area contributed by atoms with E-state index in [9.17, 15) is 9.59 Å². The van der Waals surface area contributed by atoms with Gasteiger partial charge in [0.05, 0.1) is 0 Å². The highest BCUT2D eigenvalue weighted by atomic mass is 16.6. The summed E-state index contributed by atoms with van der Waals surface area (Å²) >= 11 is 0. The van der Waals surface area contributed by atoms with Crippen LogP contribution < -0.4 is 0 Å². The Morgan fingerprint density at radius 3 is 2.32 bits per heavy atom. The first kappa shape index (κ1) is 12.9. The molecule has 4 rings (SSSR count). The van der Waals surface area contributed by atoms with E-state index in [2.05, 4.69) is 6.92 Å². The molecule has 4 nitrogen and oxygen atoms in total. The molecule has 4 saturated carbocycles. The minimum absolute atomic E-state index is 0.247. The first-order chi connectivity index (χ1) is 8.88. The van der Waals surface area contributed by atoms with Gasteiger partial charge in [0.1, 0.15) is 5.60 Å². The van der Waals surface area contributed by atoms with Crippen LogP contribution in [0.4, 0.5) is 0 Å². The molecule has 0 aromatic heterocycles. The molecular formula is C15H22O4. The van der Waals surface area contributed by atoms with E-state index in [0.29, 0.717) is 17.3 Å². The van der Waals surface area contributed by atoms with Crippen LogP contribution in [0.15, 0.2) is 0 Å². The van der Waals surface area contributed by atoms with Crippen LogP contribution >= 0.6 is 0 Å². The summed E-state index contributed by atoms with van der Waals surface area (Å²) in [7, 11) is 0. The van der Waals surface area contributed by atoms with Crippen LogP contribution in [-0.2, 0) is 19.1 Å². The maximum Gasteiger partial charge on any atom is 0.344 e. The van der Waals surface area contributed by atoms with Gasteiger partial charge < -0.3 is 9.47 Å². The third kappa shape index (κ3) is 2.49. The minimum Gasteiger partial charge on any atom is -0.457 e. The second-order valence-corrected chi connectivity index (χ2v) is 7.21. The van der Waals surface area contributed by atoms with Gasteiger partial charge in [0.25, 0.3) is 0 Å². The van der Waals surface area contributed by atoms with Crippen LogP contribution in [0.1, 0.15) is 52.4 Å². The van der Waals surface area contributed by atoms with Crippen LogP contribution in [0.3, 0.4) is 0 Å². The second-order valence-electron chi connectivity index (χ2n) is 7.21. The largest absolute Gasteiger partial charge is 0.457 e. The number of carbonyl (C=O) groups excluding carboxylic acids is 2. The number of hydrogen-bond donors (Lipinski definition) is 0. The molecule has 4 heteroatoms. The average molecular weight is 266 g/mol. The quantitative estimate of drug-likeness (QED) is 0.736. The van der Waals surface area contributed by atoms with Gasteiger partial charge in [-0.2, -0.15) is 0 Å². The number of ether oxygens (including phenoxy) is 2. The number of rotatable bonds is 3. The van der Waals surface area contributed by atoms with Gasteiger partial charge in [0.2, 0.25) is 0 Å². The Balaban J connectivity index is 1.67. The molecule has 4 fully saturated rings. The van der Waals surface area contributed by atoms with Gasteiger partial charge in [-0.25, -0.2) is 4.79 Å². The van der Waals surface area contributed by atoms with Crippen LogP contribution in [0.25, 0.3) is 0 Å². The van der Waals surface area contributed by atoms with Crippen molar-refractivity contribution >= 4 is 11.9 Å². The zero-order chi connectivity index (χ0) is 13.7. The molecule has 0 heterocycles. The SMILES string of the molecule is CC(=O)OCC(=O)OC12CC3CC(CC(C)(C3)C1)C2. The van der Waals surface area contributed by atoms with Gasteiger partial charge in [-0.1, -0.05) is 6.92 Å². The molecule has 0 aliphatic heterocycles. The van der Waals surface area contributed by atoms with Crippen molar-refractivity contribution in [3.05, 3.63) is 0 Å². The molecule has 2 unspecified atom stereocenters. The first-order valence-electron chi connectivity index (χ1n) is 7.23. The van der Waals surface area contributed by atoms with Crippen molar-refractivity contribution < 1.29 is 19.1 Å². The van der Waals surface area contributed by atoms with E-state index in [0.717, 1.165) is 19.3 Å². The number of hydrogen-bond acceptors (Lipinski definition) is 4. The fraction of sp³-hybridized carbons (Fsp3) is 0.867. The van der Waals surface area contributed by atoms with Crippen molar-refractivity contribution in [2.45, 2.75) is 58.0 Å². The summed E-state index contributed by atoms with van der Waals surface area (Å²) in [5.41, 5.74) is 0.0852. The Kier molecular flexibility index (Phi) is 2.88. The van der Waals surface area contributed by atoms with Crippen LogP contribution in [-0.4, -0.2) is 24.1 Å².